The predicted octanol–water partition coefficient (Wildman–Crippen LogP) is 4.58. The number of nitrogens with zero attached hydrogens (tertiary/aromatic N) is 1. The molecule has 1 saturated heterocycles. The van der Waals surface area contributed by atoms with E-state index in [1.165, 1.54) is 33.6 Å². The number of hydrogen-bond acceptors (Lipinski definition) is 4. The molecule has 3 nitrogen and oxygen atoms in total. The number of likely N-dealkylation sites (tertiary alicyclic amines) is 1. The van der Waals surface area contributed by atoms with Crippen LogP contribution in [-0.2, 0) is 5.75 Å². The third-order valence-corrected chi connectivity index (χ3v) is 7.23. The van der Waals surface area contributed by atoms with Crippen LogP contribution in [0.4, 0.5) is 0 Å². The first-order chi connectivity index (χ1) is 11.6. The molecule has 1 aromatic heterocycles. The van der Waals surface area contributed by atoms with Crippen molar-refractivity contribution in [1.29, 1.82) is 0 Å². The number of benzene rings is 1. The Balaban J connectivity index is 1.92. The van der Waals surface area contributed by atoms with Gasteiger partial charge >= 0.3 is 5.97 Å². The second-order valence-electron chi connectivity index (χ2n) is 6.34. The van der Waals surface area contributed by atoms with Crippen molar-refractivity contribution in [2.45, 2.75) is 22.8 Å². The number of thioether (sulfide) groups is 1. The second kappa shape index (κ2) is 6.39. The van der Waals surface area contributed by atoms with E-state index in [0.717, 1.165) is 41.5 Å². The number of carboxylic acids is 1. The zero-order valence-corrected chi connectivity index (χ0v) is 15.2. The highest BCUT2D eigenvalue weighted by Crippen LogP contribution is 2.46. The number of fused-ring (bicyclic) bond motifs is 2. The number of carboxylic acid groups (broad SMARTS) is 1. The molecule has 0 unspecified atom stereocenters. The SMILES string of the molecule is CN1CCC(=C2c3ccccc3CSc3sc(C(=O)O)cc32)CC1. The summed E-state index contributed by atoms with van der Waals surface area (Å²) in [5, 5.41) is 9.41. The van der Waals surface area contributed by atoms with E-state index >= 15 is 0 Å². The summed E-state index contributed by atoms with van der Waals surface area (Å²) in [6.45, 7) is 2.14. The molecular formula is C19H19NO2S2. The third kappa shape index (κ3) is 2.81. The number of hydrogen-bond donors (Lipinski definition) is 1. The number of carbonyl (C=O) groups is 1. The van der Waals surface area contributed by atoms with Gasteiger partial charge in [-0.25, -0.2) is 4.79 Å². The summed E-state index contributed by atoms with van der Waals surface area (Å²) in [6.07, 6.45) is 2.12. The van der Waals surface area contributed by atoms with Crippen molar-refractivity contribution in [1.82, 2.24) is 4.90 Å². The van der Waals surface area contributed by atoms with Gasteiger partial charge in [-0.2, -0.15) is 0 Å². The molecule has 1 N–H and O–H groups in total. The van der Waals surface area contributed by atoms with Crippen LogP contribution < -0.4 is 0 Å². The van der Waals surface area contributed by atoms with Crippen LogP contribution in [0.5, 0.6) is 0 Å². The van der Waals surface area contributed by atoms with E-state index in [9.17, 15) is 9.90 Å². The minimum absolute atomic E-state index is 0.443. The topological polar surface area (TPSA) is 40.5 Å². The Kier molecular flexibility index (Phi) is 4.24. The lowest BCUT2D eigenvalue weighted by molar-refractivity contribution is 0.0702. The monoisotopic (exact) mass is 357 g/mol. The average molecular weight is 358 g/mol. The Labute approximate surface area is 150 Å². The Morgan fingerprint density at radius 3 is 2.67 bits per heavy atom. The molecule has 0 saturated carbocycles. The van der Waals surface area contributed by atoms with Crippen molar-refractivity contribution >= 4 is 34.6 Å². The molecule has 0 spiro atoms. The molecule has 2 aromatic rings. The fourth-order valence-electron chi connectivity index (χ4n) is 3.46. The van der Waals surface area contributed by atoms with Gasteiger partial charge in [-0.05, 0) is 42.7 Å². The van der Waals surface area contributed by atoms with Gasteiger partial charge < -0.3 is 10.0 Å². The van der Waals surface area contributed by atoms with Gasteiger partial charge in [-0.15, -0.1) is 23.1 Å². The molecule has 24 heavy (non-hydrogen) atoms. The van der Waals surface area contributed by atoms with E-state index in [1.54, 1.807) is 11.8 Å². The van der Waals surface area contributed by atoms with Crippen LogP contribution in [-0.4, -0.2) is 36.1 Å². The summed E-state index contributed by atoms with van der Waals surface area (Å²) in [5.74, 6) is 0.0778. The molecule has 2 aliphatic heterocycles. The minimum Gasteiger partial charge on any atom is -0.477 e. The first-order valence-electron chi connectivity index (χ1n) is 8.12. The van der Waals surface area contributed by atoms with Gasteiger partial charge in [0, 0.05) is 24.4 Å². The lowest BCUT2D eigenvalue weighted by Gasteiger charge is -2.27. The molecular weight excluding hydrogens is 338 g/mol. The van der Waals surface area contributed by atoms with Crippen LogP contribution >= 0.6 is 23.1 Å². The molecule has 0 atom stereocenters. The molecule has 1 fully saturated rings. The molecule has 0 bridgehead atoms. The zero-order chi connectivity index (χ0) is 16.7. The predicted molar refractivity (Wildman–Crippen MR) is 100 cm³/mol. The van der Waals surface area contributed by atoms with E-state index in [4.69, 9.17) is 0 Å². The molecule has 3 heterocycles. The standard InChI is InChI=1S/C19H19NO2S2/c1-20-8-6-12(7-9-20)17-14-5-3-2-4-13(14)11-23-19-15(17)10-16(24-19)18(21)22/h2-5,10H,6-9,11H2,1H3,(H,21,22). The first-order valence-corrected chi connectivity index (χ1v) is 9.93. The van der Waals surface area contributed by atoms with E-state index in [-0.39, 0.29) is 0 Å². The lowest BCUT2D eigenvalue weighted by Crippen LogP contribution is -2.27. The normalized spacial score (nSPS) is 18.0. The number of piperidine rings is 1. The second-order valence-corrected chi connectivity index (χ2v) is 8.64. The molecule has 0 radical (unpaired) electrons. The molecule has 4 rings (SSSR count). The van der Waals surface area contributed by atoms with E-state index in [0.29, 0.717) is 4.88 Å². The quantitative estimate of drug-likeness (QED) is 0.811. The van der Waals surface area contributed by atoms with Gasteiger partial charge in [0.15, 0.2) is 0 Å². The van der Waals surface area contributed by atoms with Gasteiger partial charge in [0.1, 0.15) is 4.88 Å². The largest absolute Gasteiger partial charge is 0.477 e. The fraction of sp³-hybridized carbons (Fsp3) is 0.316. The van der Waals surface area contributed by atoms with Gasteiger partial charge in [0.05, 0.1) is 4.21 Å². The Bertz CT molecular complexity index is 828. The summed E-state index contributed by atoms with van der Waals surface area (Å²) in [4.78, 5) is 14.3. The first kappa shape index (κ1) is 15.9. The highest BCUT2D eigenvalue weighted by molar-refractivity contribution is 8.00. The molecule has 5 heteroatoms. The maximum Gasteiger partial charge on any atom is 0.345 e. The van der Waals surface area contributed by atoms with Gasteiger partial charge in [-0.1, -0.05) is 29.8 Å². The van der Waals surface area contributed by atoms with Crippen LogP contribution in [0, 0.1) is 0 Å². The van der Waals surface area contributed by atoms with Gasteiger partial charge in [0.25, 0.3) is 0 Å². The molecule has 1 aromatic carbocycles. The van der Waals surface area contributed by atoms with Crippen molar-refractivity contribution in [3.05, 3.63) is 57.5 Å². The maximum absolute atomic E-state index is 11.5. The van der Waals surface area contributed by atoms with Crippen molar-refractivity contribution in [2.75, 3.05) is 20.1 Å². The average Bonchev–Trinajstić information content (AvgIpc) is 2.94. The summed E-state index contributed by atoms with van der Waals surface area (Å²) in [6, 6.07) is 10.5. The minimum atomic E-state index is -0.824. The Morgan fingerprint density at radius 1 is 1.17 bits per heavy atom. The number of thiophene rings is 1. The fourth-order valence-corrected chi connectivity index (χ4v) is 5.73. The number of rotatable bonds is 1. The number of aromatic carboxylic acids is 1. The zero-order valence-electron chi connectivity index (χ0n) is 13.5. The van der Waals surface area contributed by atoms with Crippen molar-refractivity contribution < 1.29 is 9.90 Å². The van der Waals surface area contributed by atoms with Crippen LogP contribution in [0.25, 0.3) is 5.57 Å². The van der Waals surface area contributed by atoms with Crippen LogP contribution in [0.2, 0.25) is 0 Å². The highest BCUT2D eigenvalue weighted by Gasteiger charge is 2.26. The van der Waals surface area contributed by atoms with E-state index in [2.05, 4.69) is 36.2 Å². The third-order valence-electron chi connectivity index (χ3n) is 4.77. The summed E-state index contributed by atoms with van der Waals surface area (Å²) in [5.41, 5.74) is 6.54. The smallest absolute Gasteiger partial charge is 0.345 e. The van der Waals surface area contributed by atoms with Crippen LogP contribution in [0.1, 0.15) is 39.2 Å². The van der Waals surface area contributed by atoms with Crippen molar-refractivity contribution in [3.8, 4) is 0 Å². The Morgan fingerprint density at radius 2 is 1.92 bits per heavy atom. The molecule has 0 amide bonds. The lowest BCUT2D eigenvalue weighted by atomic mass is 9.87. The van der Waals surface area contributed by atoms with Crippen molar-refractivity contribution in [3.63, 3.8) is 0 Å². The van der Waals surface area contributed by atoms with E-state index in [1.807, 2.05) is 6.07 Å². The molecule has 2 aliphatic rings. The molecule has 0 aliphatic carbocycles. The van der Waals surface area contributed by atoms with Crippen LogP contribution in [0.15, 0.2) is 40.1 Å². The van der Waals surface area contributed by atoms with E-state index < -0.39 is 5.97 Å². The highest BCUT2D eigenvalue weighted by atomic mass is 32.2. The Hall–Kier alpha value is -1.56. The summed E-state index contributed by atoms with van der Waals surface area (Å²) < 4.78 is 1.14. The van der Waals surface area contributed by atoms with Crippen LogP contribution in [0.3, 0.4) is 0 Å². The maximum atomic E-state index is 11.5. The van der Waals surface area contributed by atoms with Crippen molar-refractivity contribution in [2.24, 2.45) is 0 Å². The van der Waals surface area contributed by atoms with Gasteiger partial charge in [-0.3, -0.25) is 0 Å². The summed E-state index contributed by atoms with van der Waals surface area (Å²) in [7, 11) is 2.16. The molecule has 124 valence electrons. The van der Waals surface area contributed by atoms with Gasteiger partial charge in [0.2, 0.25) is 0 Å². The summed E-state index contributed by atoms with van der Waals surface area (Å²) >= 11 is 3.18.